The minimum Gasteiger partial charge on any atom is -0.340 e. The molecular weight excluding hydrogens is 368 g/mol. The molecule has 2 aliphatic rings. The van der Waals surface area contributed by atoms with Crippen molar-refractivity contribution < 1.29 is 4.79 Å². The highest BCUT2D eigenvalue weighted by Gasteiger charge is 2.46. The minimum atomic E-state index is 0.138. The molecule has 1 amide bonds. The van der Waals surface area contributed by atoms with Crippen molar-refractivity contribution in [2.24, 2.45) is 11.8 Å². The van der Waals surface area contributed by atoms with Gasteiger partial charge in [0.25, 0.3) is 0 Å². The van der Waals surface area contributed by atoms with Gasteiger partial charge in [-0.1, -0.05) is 55.1 Å². The number of amides is 1. The van der Waals surface area contributed by atoms with E-state index in [1.165, 1.54) is 11.1 Å². The highest BCUT2D eigenvalue weighted by Crippen LogP contribution is 2.45. The Balaban J connectivity index is 1.40. The molecule has 0 radical (unpaired) electrons. The fourth-order valence-corrected chi connectivity index (χ4v) is 4.42. The Bertz CT molecular complexity index is 762. The first-order valence-corrected chi connectivity index (χ1v) is 10.6. The fraction of sp³-hybridized carbons (Fsp3) is 0.458. The van der Waals surface area contributed by atoms with E-state index in [0.717, 1.165) is 62.6 Å². The maximum Gasteiger partial charge on any atom is 0.226 e. The molecule has 1 heterocycles. The number of hydrogen-bond donors (Lipinski definition) is 0. The highest BCUT2D eigenvalue weighted by molar-refractivity contribution is 6.31. The van der Waals surface area contributed by atoms with Crippen LogP contribution in [0.3, 0.4) is 0 Å². The summed E-state index contributed by atoms with van der Waals surface area (Å²) in [5.74, 6) is 0.785. The number of aryl methyl sites for hydroxylation is 2. The quantitative estimate of drug-likeness (QED) is 0.594. The van der Waals surface area contributed by atoms with Gasteiger partial charge in [0.2, 0.25) is 5.91 Å². The first-order valence-electron chi connectivity index (χ1n) is 10.2. The molecule has 3 nitrogen and oxygen atoms in total. The molecule has 0 aromatic heterocycles. The summed E-state index contributed by atoms with van der Waals surface area (Å²) in [4.78, 5) is 17.3. The van der Waals surface area contributed by atoms with E-state index in [4.69, 9.17) is 11.6 Å². The molecule has 0 N–H and O–H groups in total. The molecule has 1 saturated carbocycles. The van der Waals surface area contributed by atoms with Gasteiger partial charge in [0, 0.05) is 37.1 Å². The Morgan fingerprint density at radius 3 is 2.61 bits per heavy atom. The van der Waals surface area contributed by atoms with E-state index in [2.05, 4.69) is 37.1 Å². The van der Waals surface area contributed by atoms with E-state index in [0.29, 0.717) is 11.8 Å². The first-order chi connectivity index (χ1) is 13.5. The van der Waals surface area contributed by atoms with Crippen LogP contribution in [-0.4, -0.2) is 48.4 Å². The van der Waals surface area contributed by atoms with Crippen molar-refractivity contribution in [3.8, 4) is 0 Å². The van der Waals surface area contributed by atoms with Crippen LogP contribution in [0.25, 0.3) is 0 Å². The van der Waals surface area contributed by atoms with Crippen molar-refractivity contribution >= 4 is 17.5 Å². The number of carbonyl (C=O) groups excluding carboxylic acids is 1. The van der Waals surface area contributed by atoms with Gasteiger partial charge >= 0.3 is 0 Å². The zero-order valence-electron chi connectivity index (χ0n) is 16.9. The van der Waals surface area contributed by atoms with Crippen molar-refractivity contribution in [3.63, 3.8) is 0 Å². The second-order valence-electron chi connectivity index (χ2n) is 7.92. The smallest absolute Gasteiger partial charge is 0.226 e. The van der Waals surface area contributed by atoms with Crippen LogP contribution in [0.15, 0.2) is 55.2 Å². The van der Waals surface area contributed by atoms with Gasteiger partial charge in [-0.2, -0.15) is 0 Å². The van der Waals surface area contributed by atoms with Crippen molar-refractivity contribution in [2.75, 3.05) is 32.7 Å². The second-order valence-corrected chi connectivity index (χ2v) is 8.33. The Labute approximate surface area is 174 Å². The number of rotatable bonds is 8. The minimum absolute atomic E-state index is 0.138. The summed E-state index contributed by atoms with van der Waals surface area (Å²) in [5.41, 5.74) is 3.57. The zero-order valence-corrected chi connectivity index (χ0v) is 17.6. The number of halogens is 1. The van der Waals surface area contributed by atoms with Crippen molar-refractivity contribution in [2.45, 2.75) is 26.2 Å². The van der Waals surface area contributed by atoms with Crippen LogP contribution in [0.1, 0.15) is 24.0 Å². The third-order valence-corrected chi connectivity index (χ3v) is 6.25. The third-order valence-electron chi connectivity index (χ3n) is 5.89. The average Bonchev–Trinajstić information content (AvgIpc) is 3.48. The monoisotopic (exact) mass is 398 g/mol. The number of hydrogen-bond acceptors (Lipinski definition) is 2. The van der Waals surface area contributed by atoms with Crippen LogP contribution in [0.2, 0.25) is 5.02 Å². The first kappa shape index (κ1) is 20.9. The van der Waals surface area contributed by atoms with Gasteiger partial charge in [0.1, 0.15) is 0 Å². The average molecular weight is 399 g/mol. The molecule has 2 atom stereocenters. The van der Waals surface area contributed by atoms with Gasteiger partial charge in [-0.05, 0) is 61.4 Å². The number of nitrogens with zero attached hydrogens (tertiary/aromatic N) is 2. The fourth-order valence-electron chi connectivity index (χ4n) is 4.09. The predicted molar refractivity (Wildman–Crippen MR) is 118 cm³/mol. The van der Waals surface area contributed by atoms with E-state index in [1.807, 2.05) is 23.1 Å². The van der Waals surface area contributed by atoms with Crippen LogP contribution in [0.5, 0.6) is 0 Å². The van der Waals surface area contributed by atoms with Crippen LogP contribution in [0.4, 0.5) is 0 Å². The van der Waals surface area contributed by atoms with Crippen molar-refractivity contribution in [3.05, 3.63) is 71.3 Å². The zero-order chi connectivity index (χ0) is 20.1. The van der Waals surface area contributed by atoms with Gasteiger partial charge < -0.3 is 4.90 Å². The summed E-state index contributed by atoms with van der Waals surface area (Å²) in [6, 6.07) is 6.30. The molecule has 1 saturated heterocycles. The summed E-state index contributed by atoms with van der Waals surface area (Å²) in [6.45, 7) is 14.3. The molecule has 150 valence electrons. The summed E-state index contributed by atoms with van der Waals surface area (Å²) < 4.78 is 0. The molecule has 1 aliphatic heterocycles. The van der Waals surface area contributed by atoms with Gasteiger partial charge in [-0.15, -0.1) is 0 Å². The maximum absolute atomic E-state index is 12.8. The Morgan fingerprint density at radius 2 is 1.96 bits per heavy atom. The Kier molecular flexibility index (Phi) is 7.14. The molecular formula is C24H31ClN2O. The van der Waals surface area contributed by atoms with Gasteiger partial charge in [0.15, 0.2) is 0 Å². The SMILES string of the molecule is C=C/C=C(\C=C)[C@@H]1C[C@H]1C(=O)N1CCN(CCCc2ccc(C)cc2Cl)CC1. The van der Waals surface area contributed by atoms with Crippen LogP contribution in [-0.2, 0) is 11.2 Å². The molecule has 1 aliphatic carbocycles. The van der Waals surface area contributed by atoms with E-state index in [1.54, 1.807) is 6.08 Å². The number of benzene rings is 1. The van der Waals surface area contributed by atoms with Gasteiger partial charge in [-0.3, -0.25) is 9.69 Å². The molecule has 3 rings (SSSR count). The maximum atomic E-state index is 12.8. The van der Waals surface area contributed by atoms with Gasteiger partial charge in [-0.25, -0.2) is 0 Å². The lowest BCUT2D eigenvalue weighted by atomic mass is 10.1. The van der Waals surface area contributed by atoms with E-state index in [-0.39, 0.29) is 5.92 Å². The summed E-state index contributed by atoms with van der Waals surface area (Å²) >= 11 is 6.33. The number of carbonyl (C=O) groups is 1. The third kappa shape index (κ3) is 5.15. The van der Waals surface area contributed by atoms with Crippen molar-refractivity contribution in [1.82, 2.24) is 9.80 Å². The molecule has 0 bridgehead atoms. The predicted octanol–water partition coefficient (Wildman–Crippen LogP) is 4.66. The topological polar surface area (TPSA) is 23.6 Å². The van der Waals surface area contributed by atoms with Crippen LogP contribution >= 0.6 is 11.6 Å². The molecule has 2 fully saturated rings. The molecule has 28 heavy (non-hydrogen) atoms. The molecule has 0 unspecified atom stereocenters. The van der Waals surface area contributed by atoms with Gasteiger partial charge in [0.05, 0.1) is 0 Å². The van der Waals surface area contributed by atoms with Crippen molar-refractivity contribution in [1.29, 1.82) is 0 Å². The van der Waals surface area contributed by atoms with E-state index in [9.17, 15) is 4.79 Å². The van der Waals surface area contributed by atoms with Crippen LogP contribution < -0.4 is 0 Å². The highest BCUT2D eigenvalue weighted by atomic mass is 35.5. The normalized spacial score (nSPS) is 22.8. The Morgan fingerprint density at radius 1 is 1.21 bits per heavy atom. The second kappa shape index (κ2) is 9.58. The lowest BCUT2D eigenvalue weighted by Crippen LogP contribution is -2.49. The van der Waals surface area contributed by atoms with E-state index < -0.39 is 0 Å². The molecule has 4 heteroatoms. The summed E-state index contributed by atoms with van der Waals surface area (Å²) in [7, 11) is 0. The molecule has 1 aromatic carbocycles. The molecule has 0 spiro atoms. The van der Waals surface area contributed by atoms with Crippen LogP contribution in [0, 0.1) is 18.8 Å². The number of allylic oxidation sites excluding steroid dienone is 4. The standard InChI is InChI=1S/C24H31ClN2O/c1-4-7-19(5-2)21-17-22(21)24(28)27-14-12-26(13-15-27)11-6-8-20-10-9-18(3)16-23(20)25/h4-5,7,9-10,16,21-22H,1-2,6,8,11-15,17H2,3H3/b19-7+/t21-,22+/m0/s1. The number of piperazine rings is 1. The summed E-state index contributed by atoms with van der Waals surface area (Å²) in [5, 5.41) is 0.874. The Hall–Kier alpha value is -1.84. The lowest BCUT2D eigenvalue weighted by molar-refractivity contribution is -0.134. The van der Waals surface area contributed by atoms with E-state index >= 15 is 0 Å². The summed E-state index contributed by atoms with van der Waals surface area (Å²) in [6.07, 6.45) is 8.65. The largest absolute Gasteiger partial charge is 0.340 e. The molecule has 1 aromatic rings. The lowest BCUT2D eigenvalue weighted by Gasteiger charge is -2.35.